The molecule has 0 saturated heterocycles. The summed E-state index contributed by atoms with van der Waals surface area (Å²) >= 11 is 0. The summed E-state index contributed by atoms with van der Waals surface area (Å²) < 4.78 is 44.4. The van der Waals surface area contributed by atoms with Crippen molar-refractivity contribution in [3.8, 4) is 5.75 Å². The van der Waals surface area contributed by atoms with E-state index in [0.717, 1.165) is 5.56 Å². The lowest BCUT2D eigenvalue weighted by Crippen LogP contribution is -2.25. The number of hydrogen-bond donors (Lipinski definition) is 1. The Morgan fingerprint density at radius 2 is 2.07 bits per heavy atom. The van der Waals surface area contributed by atoms with Crippen LogP contribution in [0.2, 0.25) is 0 Å². The fraction of sp³-hybridized carbons (Fsp3) is 0.474. The Balaban J connectivity index is 2.52. The van der Waals surface area contributed by atoms with Crippen molar-refractivity contribution in [2.45, 2.75) is 39.0 Å². The molecule has 0 fully saturated rings. The van der Waals surface area contributed by atoms with E-state index in [1.165, 1.54) is 23.3 Å². The fourth-order valence-corrected chi connectivity index (χ4v) is 2.36. The van der Waals surface area contributed by atoms with Gasteiger partial charge in [-0.05, 0) is 43.7 Å². The molecule has 1 N–H and O–H groups in total. The molecule has 0 aliphatic heterocycles. The van der Waals surface area contributed by atoms with Gasteiger partial charge in [0.1, 0.15) is 11.9 Å². The predicted molar refractivity (Wildman–Crippen MR) is 99.3 cm³/mol. The van der Waals surface area contributed by atoms with Gasteiger partial charge in [-0.2, -0.15) is 14.3 Å². The summed E-state index contributed by atoms with van der Waals surface area (Å²) in [5.41, 5.74) is 7.91. The number of rotatable bonds is 12. The topological polar surface area (TPSA) is 51.9 Å². The maximum atomic E-state index is 14.0. The molecule has 1 rings (SSSR count). The summed E-state index contributed by atoms with van der Waals surface area (Å²) in [7, 11) is 1.87. The molecule has 1 aromatic rings. The lowest BCUT2D eigenvalue weighted by Gasteiger charge is -2.18. The predicted octanol–water partition coefficient (Wildman–Crippen LogP) is 5.18. The van der Waals surface area contributed by atoms with Gasteiger partial charge in [0.05, 0.1) is 6.54 Å². The highest BCUT2D eigenvalue weighted by atomic mass is 19.3. The number of benzene rings is 1. The van der Waals surface area contributed by atoms with Crippen LogP contribution in [0.3, 0.4) is 0 Å². The summed E-state index contributed by atoms with van der Waals surface area (Å²) in [4.78, 5) is 1.89. The third-order valence-corrected chi connectivity index (χ3v) is 3.54. The van der Waals surface area contributed by atoms with Crippen LogP contribution in [-0.4, -0.2) is 42.3 Å². The minimum absolute atomic E-state index is 0.0190. The van der Waals surface area contributed by atoms with E-state index in [1.54, 1.807) is 18.2 Å². The van der Waals surface area contributed by atoms with Gasteiger partial charge >= 0.3 is 6.11 Å². The highest BCUT2D eigenvalue weighted by molar-refractivity contribution is 5.30. The van der Waals surface area contributed by atoms with E-state index in [2.05, 4.69) is 9.96 Å². The van der Waals surface area contributed by atoms with E-state index in [9.17, 15) is 13.2 Å². The SMILES string of the molecule is C/C=C\N(C)CCC(F)CN(/C=C/Cc1cccc(OC(C)(F)F)c1)N=N. The van der Waals surface area contributed by atoms with Crippen molar-refractivity contribution in [1.29, 1.82) is 5.53 Å². The van der Waals surface area contributed by atoms with Crippen LogP contribution < -0.4 is 4.74 Å². The van der Waals surface area contributed by atoms with Gasteiger partial charge in [0, 0.05) is 26.7 Å². The Morgan fingerprint density at radius 1 is 1.33 bits per heavy atom. The molecule has 0 amide bonds. The fourth-order valence-electron chi connectivity index (χ4n) is 2.36. The summed E-state index contributed by atoms with van der Waals surface area (Å²) in [6, 6.07) is 6.35. The summed E-state index contributed by atoms with van der Waals surface area (Å²) in [6.07, 6.45) is 3.32. The second-order valence-corrected chi connectivity index (χ2v) is 6.22. The summed E-state index contributed by atoms with van der Waals surface area (Å²) in [5, 5.41) is 4.50. The van der Waals surface area contributed by atoms with Gasteiger partial charge < -0.3 is 9.64 Å². The Kier molecular flexibility index (Phi) is 9.39. The molecule has 0 aliphatic carbocycles. The monoisotopic (exact) mass is 384 g/mol. The molecule has 8 heteroatoms. The molecule has 0 aromatic heterocycles. The number of nitrogens with one attached hydrogen (secondary N) is 1. The molecule has 0 radical (unpaired) electrons. The first-order valence-corrected chi connectivity index (χ1v) is 8.67. The van der Waals surface area contributed by atoms with Gasteiger partial charge in [-0.1, -0.05) is 29.5 Å². The minimum Gasteiger partial charge on any atom is -0.433 e. The molecule has 0 heterocycles. The average molecular weight is 384 g/mol. The van der Waals surface area contributed by atoms with Crippen molar-refractivity contribution in [2.24, 2.45) is 5.22 Å². The Hall–Kier alpha value is -2.51. The van der Waals surface area contributed by atoms with E-state index < -0.39 is 12.3 Å². The largest absolute Gasteiger partial charge is 0.433 e. The molecule has 0 saturated carbocycles. The smallest absolute Gasteiger partial charge is 0.394 e. The second kappa shape index (κ2) is 11.3. The van der Waals surface area contributed by atoms with E-state index in [1.807, 2.05) is 31.1 Å². The van der Waals surface area contributed by atoms with Crippen molar-refractivity contribution >= 4 is 0 Å². The van der Waals surface area contributed by atoms with Gasteiger partial charge in [0.15, 0.2) is 0 Å². The van der Waals surface area contributed by atoms with E-state index in [4.69, 9.17) is 5.53 Å². The van der Waals surface area contributed by atoms with Gasteiger partial charge in [0.25, 0.3) is 0 Å². The van der Waals surface area contributed by atoms with Crippen LogP contribution in [0.25, 0.3) is 0 Å². The molecule has 0 aliphatic rings. The van der Waals surface area contributed by atoms with Crippen LogP contribution in [-0.2, 0) is 6.42 Å². The quantitative estimate of drug-likeness (QED) is 0.399. The van der Waals surface area contributed by atoms with Crippen LogP contribution in [0.1, 0.15) is 25.8 Å². The first kappa shape index (κ1) is 22.5. The molecule has 0 bridgehead atoms. The molecule has 1 aromatic carbocycles. The zero-order valence-electron chi connectivity index (χ0n) is 15.9. The van der Waals surface area contributed by atoms with Gasteiger partial charge in [-0.3, -0.25) is 5.01 Å². The molecule has 150 valence electrons. The average Bonchev–Trinajstić information content (AvgIpc) is 2.58. The zero-order valence-corrected chi connectivity index (χ0v) is 15.9. The molecular weight excluding hydrogens is 357 g/mol. The number of alkyl halides is 3. The van der Waals surface area contributed by atoms with E-state index >= 15 is 0 Å². The maximum absolute atomic E-state index is 14.0. The van der Waals surface area contributed by atoms with Crippen LogP contribution in [0.4, 0.5) is 13.2 Å². The molecular formula is C19H27F3N4O. The van der Waals surface area contributed by atoms with Crippen molar-refractivity contribution < 1.29 is 17.9 Å². The maximum Gasteiger partial charge on any atom is 0.394 e. The number of ether oxygens (including phenoxy) is 1. The van der Waals surface area contributed by atoms with Gasteiger partial charge in [-0.15, -0.1) is 0 Å². The normalized spacial score (nSPS) is 13.1. The Morgan fingerprint density at radius 3 is 2.70 bits per heavy atom. The lowest BCUT2D eigenvalue weighted by atomic mass is 10.1. The van der Waals surface area contributed by atoms with Crippen molar-refractivity contribution in [2.75, 3.05) is 20.1 Å². The highest BCUT2D eigenvalue weighted by Crippen LogP contribution is 2.22. The van der Waals surface area contributed by atoms with Crippen molar-refractivity contribution in [1.82, 2.24) is 9.91 Å². The van der Waals surface area contributed by atoms with Gasteiger partial charge in [-0.25, -0.2) is 4.39 Å². The second-order valence-electron chi connectivity index (χ2n) is 6.22. The Bertz CT molecular complexity index is 632. The Labute approximate surface area is 158 Å². The van der Waals surface area contributed by atoms with E-state index in [0.29, 0.717) is 26.3 Å². The third kappa shape index (κ3) is 10.3. The highest BCUT2D eigenvalue weighted by Gasteiger charge is 2.23. The lowest BCUT2D eigenvalue weighted by molar-refractivity contribution is -0.158. The first-order valence-electron chi connectivity index (χ1n) is 8.67. The van der Waals surface area contributed by atoms with Gasteiger partial charge in [0.2, 0.25) is 0 Å². The number of hydrogen-bond acceptors (Lipinski definition) is 4. The number of nitrogens with zero attached hydrogens (tertiary/aromatic N) is 3. The number of halogens is 3. The van der Waals surface area contributed by atoms with Crippen LogP contribution in [0.15, 0.2) is 54.0 Å². The van der Waals surface area contributed by atoms with Crippen molar-refractivity contribution in [3.63, 3.8) is 0 Å². The molecule has 27 heavy (non-hydrogen) atoms. The number of allylic oxidation sites excluding steroid dienone is 2. The first-order chi connectivity index (χ1) is 12.7. The summed E-state index contributed by atoms with van der Waals surface area (Å²) in [5.74, 6) is 0.0736. The molecule has 1 unspecified atom stereocenters. The molecule has 0 spiro atoms. The van der Waals surface area contributed by atoms with Crippen LogP contribution in [0.5, 0.6) is 5.75 Å². The van der Waals surface area contributed by atoms with Crippen LogP contribution in [0, 0.1) is 5.53 Å². The summed E-state index contributed by atoms with van der Waals surface area (Å²) in [6.45, 7) is 3.12. The standard InChI is InChI=1S/C19H27F3N4O/c1-4-11-25(3)13-10-17(20)15-26(24-23)12-6-8-16-7-5-9-18(14-16)27-19(2,21)22/h4-7,9,11-12,14,17,23H,8,10,13,15H2,1-3H3/b11-4-,12-6+,24-23?. The molecule has 5 nitrogen and oxygen atoms in total. The molecule has 1 atom stereocenters. The minimum atomic E-state index is -3.24. The third-order valence-electron chi connectivity index (χ3n) is 3.54. The zero-order chi connectivity index (χ0) is 20.3. The van der Waals surface area contributed by atoms with Crippen LogP contribution >= 0.6 is 0 Å². The van der Waals surface area contributed by atoms with Crippen molar-refractivity contribution in [3.05, 3.63) is 54.4 Å². The van der Waals surface area contributed by atoms with E-state index in [-0.39, 0.29) is 12.3 Å².